The highest BCUT2D eigenvalue weighted by molar-refractivity contribution is 14.1. The number of anilines is 1. The maximum atomic E-state index is 12.0. The molecule has 0 aromatic heterocycles. The molecule has 1 aliphatic rings. The Kier molecular flexibility index (Phi) is 5.99. The summed E-state index contributed by atoms with van der Waals surface area (Å²) in [5.74, 6) is 0. The average Bonchev–Trinajstić information content (AvgIpc) is 2.42. The van der Waals surface area contributed by atoms with E-state index in [2.05, 4.69) is 62.0 Å². The Morgan fingerprint density at radius 3 is 2.55 bits per heavy atom. The van der Waals surface area contributed by atoms with Crippen molar-refractivity contribution in [2.75, 3.05) is 18.4 Å². The van der Waals surface area contributed by atoms with Crippen molar-refractivity contribution in [2.24, 2.45) is 0 Å². The SMILES string of the molecule is CC(C)(C)OC(=O)N1CCC(Nc2ccc(I)c(Br)c2)CC1. The molecule has 122 valence electrons. The fraction of sp³-hybridized carbons (Fsp3) is 0.562. The van der Waals surface area contributed by atoms with Crippen molar-refractivity contribution in [3.8, 4) is 0 Å². The molecule has 1 aliphatic heterocycles. The molecule has 0 spiro atoms. The van der Waals surface area contributed by atoms with Crippen molar-refractivity contribution in [1.82, 2.24) is 4.90 Å². The molecule has 1 heterocycles. The molecule has 0 bridgehead atoms. The van der Waals surface area contributed by atoms with Crippen LogP contribution in [0.5, 0.6) is 0 Å². The Morgan fingerprint density at radius 1 is 1.36 bits per heavy atom. The number of nitrogens with one attached hydrogen (secondary N) is 1. The van der Waals surface area contributed by atoms with Gasteiger partial charge in [-0.3, -0.25) is 0 Å². The van der Waals surface area contributed by atoms with E-state index in [1.165, 1.54) is 3.57 Å². The van der Waals surface area contributed by atoms with Gasteiger partial charge in [-0.15, -0.1) is 0 Å². The number of rotatable bonds is 2. The molecule has 4 nitrogen and oxygen atoms in total. The normalized spacial score (nSPS) is 16.5. The second kappa shape index (κ2) is 7.38. The van der Waals surface area contributed by atoms with Crippen LogP contribution in [0.1, 0.15) is 33.6 Å². The monoisotopic (exact) mass is 480 g/mol. The number of amides is 1. The van der Waals surface area contributed by atoms with Crippen LogP contribution in [0.25, 0.3) is 0 Å². The third-order valence-electron chi connectivity index (χ3n) is 3.44. The van der Waals surface area contributed by atoms with Gasteiger partial charge in [0.15, 0.2) is 0 Å². The summed E-state index contributed by atoms with van der Waals surface area (Å²) in [6.07, 6.45) is 1.66. The Bertz CT molecular complexity index is 537. The minimum atomic E-state index is -0.431. The first-order valence-corrected chi connectivity index (χ1v) is 9.31. The lowest BCUT2D eigenvalue weighted by Gasteiger charge is -2.34. The van der Waals surface area contributed by atoms with Crippen LogP contribution in [0, 0.1) is 3.57 Å². The molecule has 1 aromatic carbocycles. The van der Waals surface area contributed by atoms with E-state index in [0.717, 1.165) is 36.1 Å². The van der Waals surface area contributed by atoms with E-state index < -0.39 is 5.60 Å². The quantitative estimate of drug-likeness (QED) is 0.614. The largest absolute Gasteiger partial charge is 0.444 e. The van der Waals surface area contributed by atoms with Crippen LogP contribution in [0.15, 0.2) is 22.7 Å². The molecule has 0 radical (unpaired) electrons. The zero-order chi connectivity index (χ0) is 16.3. The summed E-state index contributed by atoms with van der Waals surface area (Å²) in [5.41, 5.74) is 0.683. The van der Waals surface area contributed by atoms with Crippen LogP contribution in [-0.2, 0) is 4.74 Å². The highest BCUT2D eigenvalue weighted by atomic mass is 127. The third kappa shape index (κ3) is 5.30. The molecular weight excluding hydrogens is 459 g/mol. The summed E-state index contributed by atoms with van der Waals surface area (Å²) < 4.78 is 7.72. The number of nitrogens with zero attached hydrogens (tertiary/aromatic N) is 1. The summed E-state index contributed by atoms with van der Waals surface area (Å²) >= 11 is 5.85. The van der Waals surface area contributed by atoms with Gasteiger partial charge in [0.2, 0.25) is 0 Å². The Morgan fingerprint density at radius 2 is 2.00 bits per heavy atom. The van der Waals surface area contributed by atoms with Crippen molar-refractivity contribution in [3.05, 3.63) is 26.2 Å². The van der Waals surface area contributed by atoms with Gasteiger partial charge in [0.1, 0.15) is 5.60 Å². The molecule has 1 fully saturated rings. The second-order valence-electron chi connectivity index (χ2n) is 6.51. The van der Waals surface area contributed by atoms with E-state index in [-0.39, 0.29) is 6.09 Å². The van der Waals surface area contributed by atoms with Crippen molar-refractivity contribution >= 4 is 50.3 Å². The minimum absolute atomic E-state index is 0.206. The van der Waals surface area contributed by atoms with E-state index in [0.29, 0.717) is 6.04 Å². The van der Waals surface area contributed by atoms with Gasteiger partial charge in [-0.1, -0.05) is 0 Å². The van der Waals surface area contributed by atoms with Crippen LogP contribution >= 0.6 is 38.5 Å². The predicted molar refractivity (Wildman–Crippen MR) is 101 cm³/mol. The molecule has 1 amide bonds. The number of piperidine rings is 1. The van der Waals surface area contributed by atoms with Crippen molar-refractivity contribution < 1.29 is 9.53 Å². The van der Waals surface area contributed by atoms with Gasteiger partial charge < -0.3 is 15.0 Å². The topological polar surface area (TPSA) is 41.6 Å². The summed E-state index contributed by atoms with van der Waals surface area (Å²) in [6, 6.07) is 6.67. The lowest BCUT2D eigenvalue weighted by molar-refractivity contribution is 0.0210. The Balaban J connectivity index is 1.84. The Labute approximate surface area is 154 Å². The molecule has 2 rings (SSSR count). The van der Waals surface area contributed by atoms with E-state index in [1.807, 2.05) is 20.8 Å². The van der Waals surface area contributed by atoms with Gasteiger partial charge in [0.05, 0.1) is 0 Å². The summed E-state index contributed by atoms with van der Waals surface area (Å²) in [6.45, 7) is 7.16. The number of carbonyl (C=O) groups excluding carboxylic acids is 1. The van der Waals surface area contributed by atoms with Crippen LogP contribution < -0.4 is 5.32 Å². The fourth-order valence-electron chi connectivity index (χ4n) is 2.35. The van der Waals surface area contributed by atoms with E-state index in [9.17, 15) is 4.79 Å². The number of hydrogen-bond acceptors (Lipinski definition) is 3. The summed E-state index contributed by atoms with van der Waals surface area (Å²) in [7, 11) is 0. The number of likely N-dealkylation sites (tertiary alicyclic amines) is 1. The third-order valence-corrected chi connectivity index (χ3v) is 5.78. The predicted octanol–water partition coefficient (Wildman–Crippen LogP) is 4.87. The number of halogens is 2. The number of carbonyl (C=O) groups is 1. The smallest absolute Gasteiger partial charge is 0.410 e. The molecule has 0 saturated carbocycles. The zero-order valence-corrected chi connectivity index (χ0v) is 16.9. The highest BCUT2D eigenvalue weighted by Crippen LogP contribution is 2.25. The van der Waals surface area contributed by atoms with E-state index in [1.54, 1.807) is 4.90 Å². The molecule has 6 heteroatoms. The number of hydrogen-bond donors (Lipinski definition) is 1. The highest BCUT2D eigenvalue weighted by Gasteiger charge is 2.26. The van der Waals surface area contributed by atoms with Crippen LogP contribution in [-0.4, -0.2) is 35.7 Å². The first-order valence-electron chi connectivity index (χ1n) is 7.44. The minimum Gasteiger partial charge on any atom is -0.444 e. The molecule has 22 heavy (non-hydrogen) atoms. The van der Waals surface area contributed by atoms with Gasteiger partial charge in [-0.2, -0.15) is 0 Å². The van der Waals surface area contributed by atoms with Gasteiger partial charge in [-0.05, 0) is 90.3 Å². The van der Waals surface area contributed by atoms with Crippen molar-refractivity contribution in [1.29, 1.82) is 0 Å². The van der Waals surface area contributed by atoms with Gasteiger partial charge >= 0.3 is 6.09 Å². The number of benzene rings is 1. The first kappa shape index (κ1) is 17.8. The number of ether oxygens (including phenoxy) is 1. The van der Waals surface area contributed by atoms with Crippen molar-refractivity contribution in [2.45, 2.75) is 45.3 Å². The zero-order valence-electron chi connectivity index (χ0n) is 13.2. The molecule has 1 aromatic rings. The second-order valence-corrected chi connectivity index (χ2v) is 8.53. The van der Waals surface area contributed by atoms with E-state index >= 15 is 0 Å². The summed E-state index contributed by atoms with van der Waals surface area (Å²) in [4.78, 5) is 13.8. The molecule has 0 atom stereocenters. The van der Waals surface area contributed by atoms with Gasteiger partial charge in [-0.25, -0.2) is 4.79 Å². The molecular formula is C16H22BrIN2O2. The van der Waals surface area contributed by atoms with Crippen LogP contribution in [0.4, 0.5) is 10.5 Å². The standard InChI is InChI=1S/C16H22BrIN2O2/c1-16(2,3)22-15(21)20-8-6-11(7-9-20)19-12-4-5-14(18)13(17)10-12/h4-5,10-11,19H,6-9H2,1-3H3. The molecule has 1 saturated heterocycles. The lowest BCUT2D eigenvalue weighted by atomic mass is 10.0. The lowest BCUT2D eigenvalue weighted by Crippen LogP contribution is -2.44. The fourth-order valence-corrected chi connectivity index (χ4v) is 3.07. The van der Waals surface area contributed by atoms with Crippen molar-refractivity contribution in [3.63, 3.8) is 0 Å². The molecule has 0 aliphatic carbocycles. The maximum absolute atomic E-state index is 12.0. The average molecular weight is 481 g/mol. The molecule has 0 unspecified atom stereocenters. The van der Waals surface area contributed by atoms with Gasteiger partial charge in [0, 0.05) is 32.9 Å². The maximum Gasteiger partial charge on any atom is 0.410 e. The molecule has 1 N–H and O–H groups in total. The van der Waals surface area contributed by atoms with Crippen LogP contribution in [0.2, 0.25) is 0 Å². The van der Waals surface area contributed by atoms with Gasteiger partial charge in [0.25, 0.3) is 0 Å². The van der Waals surface area contributed by atoms with E-state index in [4.69, 9.17) is 4.74 Å². The Hall–Kier alpha value is -0.500. The van der Waals surface area contributed by atoms with Crippen LogP contribution in [0.3, 0.4) is 0 Å². The summed E-state index contributed by atoms with van der Waals surface area (Å²) in [5, 5.41) is 3.54. The first-order chi connectivity index (χ1) is 10.2.